The molecule has 0 spiro atoms. The number of nitro groups is 1. The van der Waals surface area contributed by atoms with Crippen LogP contribution >= 0.6 is 22.7 Å². The number of thiazole rings is 1. The summed E-state index contributed by atoms with van der Waals surface area (Å²) < 4.78 is 26.2. The second kappa shape index (κ2) is 5.44. The number of anilines is 1. The van der Waals surface area contributed by atoms with E-state index in [1.807, 2.05) is 6.92 Å². The summed E-state index contributed by atoms with van der Waals surface area (Å²) in [6.45, 7) is 1.89. The van der Waals surface area contributed by atoms with Crippen molar-refractivity contribution in [2.75, 3.05) is 5.73 Å². The van der Waals surface area contributed by atoms with Crippen molar-refractivity contribution in [3.8, 4) is 0 Å². The van der Waals surface area contributed by atoms with E-state index in [1.165, 1.54) is 11.3 Å². The Morgan fingerprint density at radius 1 is 1.50 bits per heavy atom. The first-order valence-corrected chi connectivity index (χ1v) is 8.36. The molecule has 0 aliphatic heterocycles. The Morgan fingerprint density at radius 3 is 2.70 bits per heavy atom. The van der Waals surface area contributed by atoms with Crippen LogP contribution in [0, 0.1) is 17.0 Å². The molecule has 0 aromatic carbocycles. The average molecular weight is 334 g/mol. The number of thiophene rings is 1. The van der Waals surface area contributed by atoms with Crippen molar-refractivity contribution in [2.45, 2.75) is 17.7 Å². The van der Waals surface area contributed by atoms with E-state index < -0.39 is 20.6 Å². The zero-order valence-electron chi connectivity index (χ0n) is 10.2. The molecule has 0 unspecified atom stereocenters. The summed E-state index contributed by atoms with van der Waals surface area (Å²) in [5.74, 6) is 0. The summed E-state index contributed by atoms with van der Waals surface area (Å²) >= 11 is 2.03. The molecule has 0 bridgehead atoms. The second-order valence-corrected chi connectivity index (χ2v) is 8.14. The van der Waals surface area contributed by atoms with Gasteiger partial charge in [-0.2, -0.15) is 0 Å². The quantitative estimate of drug-likeness (QED) is 0.629. The van der Waals surface area contributed by atoms with Gasteiger partial charge in [0.25, 0.3) is 10.0 Å². The summed E-state index contributed by atoms with van der Waals surface area (Å²) in [6, 6.07) is 0.959. The van der Waals surface area contributed by atoms with Crippen molar-refractivity contribution in [1.29, 1.82) is 0 Å². The summed E-state index contributed by atoms with van der Waals surface area (Å²) in [6.07, 6.45) is 1.58. The summed E-state index contributed by atoms with van der Waals surface area (Å²) in [4.78, 5) is 14.7. The summed E-state index contributed by atoms with van der Waals surface area (Å²) in [5.41, 5.74) is 5.03. The lowest BCUT2D eigenvalue weighted by Crippen LogP contribution is -2.21. The Kier molecular flexibility index (Phi) is 4.04. The second-order valence-electron chi connectivity index (χ2n) is 3.74. The molecular weight excluding hydrogens is 324 g/mol. The van der Waals surface area contributed by atoms with Crippen molar-refractivity contribution in [3.63, 3.8) is 0 Å². The van der Waals surface area contributed by atoms with Crippen LogP contribution in [0.3, 0.4) is 0 Å². The summed E-state index contributed by atoms with van der Waals surface area (Å²) in [7, 11) is -3.82. The minimum atomic E-state index is -3.82. The molecule has 11 heteroatoms. The molecule has 0 aliphatic carbocycles. The predicted octanol–water partition coefficient (Wildman–Crippen LogP) is 1.48. The van der Waals surface area contributed by atoms with E-state index in [2.05, 4.69) is 9.71 Å². The van der Waals surface area contributed by atoms with E-state index in [0.29, 0.717) is 11.3 Å². The Bertz CT molecular complexity index is 749. The van der Waals surface area contributed by atoms with Crippen LogP contribution in [0.4, 0.5) is 10.7 Å². The van der Waals surface area contributed by atoms with Crippen LogP contribution in [0.25, 0.3) is 0 Å². The van der Waals surface area contributed by atoms with E-state index >= 15 is 0 Å². The van der Waals surface area contributed by atoms with Crippen molar-refractivity contribution >= 4 is 43.4 Å². The van der Waals surface area contributed by atoms with Gasteiger partial charge in [-0.15, -0.1) is 11.3 Å². The maximum atomic E-state index is 12.0. The zero-order chi connectivity index (χ0) is 14.9. The minimum Gasteiger partial charge on any atom is -0.385 e. The predicted molar refractivity (Wildman–Crippen MR) is 76.3 cm³/mol. The standard InChI is InChI=1S/C9H10N4O4S3/c1-5-11-3-6(18-5)4-12-20(16,17)8-2-7(13(14)15)9(10)19-8/h2-3,12H,4,10H2,1H3. The van der Waals surface area contributed by atoms with E-state index in [0.717, 1.165) is 16.0 Å². The molecule has 8 nitrogen and oxygen atoms in total. The first-order chi connectivity index (χ1) is 9.29. The van der Waals surface area contributed by atoms with Crippen LogP contribution in [0.5, 0.6) is 0 Å². The fraction of sp³-hybridized carbons (Fsp3) is 0.222. The molecule has 0 fully saturated rings. The van der Waals surface area contributed by atoms with E-state index in [1.54, 1.807) is 6.20 Å². The third kappa shape index (κ3) is 3.12. The van der Waals surface area contributed by atoms with Crippen LogP contribution in [0.15, 0.2) is 16.5 Å². The third-order valence-corrected chi connectivity index (χ3v) is 6.03. The topological polar surface area (TPSA) is 128 Å². The largest absolute Gasteiger partial charge is 0.385 e. The number of nitrogen functional groups attached to an aromatic ring is 1. The van der Waals surface area contributed by atoms with E-state index in [4.69, 9.17) is 5.73 Å². The van der Waals surface area contributed by atoms with Gasteiger partial charge in [0.05, 0.1) is 9.93 Å². The number of sulfonamides is 1. The maximum Gasteiger partial charge on any atom is 0.304 e. The van der Waals surface area contributed by atoms with Crippen LogP contribution < -0.4 is 10.5 Å². The van der Waals surface area contributed by atoms with Crippen LogP contribution in [0.2, 0.25) is 0 Å². The molecule has 108 valence electrons. The van der Waals surface area contributed by atoms with Gasteiger partial charge in [0, 0.05) is 23.7 Å². The number of aryl methyl sites for hydroxylation is 1. The number of rotatable bonds is 5. The highest BCUT2D eigenvalue weighted by Crippen LogP contribution is 2.34. The SMILES string of the molecule is Cc1ncc(CNS(=O)(=O)c2cc([N+](=O)[O-])c(N)s2)s1. The molecule has 0 saturated carbocycles. The van der Waals surface area contributed by atoms with Gasteiger partial charge in [0.1, 0.15) is 4.21 Å². The van der Waals surface area contributed by atoms with Gasteiger partial charge in [-0.25, -0.2) is 18.1 Å². The number of aromatic nitrogens is 1. The lowest BCUT2D eigenvalue weighted by molar-refractivity contribution is -0.383. The lowest BCUT2D eigenvalue weighted by atomic mass is 10.5. The van der Waals surface area contributed by atoms with Crippen LogP contribution in [0.1, 0.15) is 9.88 Å². The zero-order valence-corrected chi connectivity index (χ0v) is 12.6. The van der Waals surface area contributed by atoms with E-state index in [-0.39, 0.29) is 15.8 Å². The van der Waals surface area contributed by atoms with Gasteiger partial charge in [0.2, 0.25) is 0 Å². The number of nitrogens with one attached hydrogen (secondary N) is 1. The molecule has 20 heavy (non-hydrogen) atoms. The van der Waals surface area contributed by atoms with Crippen molar-refractivity contribution < 1.29 is 13.3 Å². The van der Waals surface area contributed by atoms with Crippen molar-refractivity contribution in [3.05, 3.63) is 32.3 Å². The smallest absolute Gasteiger partial charge is 0.304 e. The van der Waals surface area contributed by atoms with Gasteiger partial charge in [-0.05, 0) is 6.92 Å². The van der Waals surface area contributed by atoms with Crippen molar-refractivity contribution in [1.82, 2.24) is 9.71 Å². The van der Waals surface area contributed by atoms with Gasteiger partial charge < -0.3 is 5.73 Å². The molecular formula is C9H10N4O4S3. The highest BCUT2D eigenvalue weighted by molar-refractivity contribution is 7.91. The Labute approximate surface area is 122 Å². The summed E-state index contributed by atoms with van der Waals surface area (Å²) in [5, 5.41) is 11.3. The monoisotopic (exact) mass is 334 g/mol. The normalized spacial score (nSPS) is 11.7. The number of hydrogen-bond acceptors (Lipinski definition) is 8. The molecule has 2 rings (SSSR count). The molecule has 0 radical (unpaired) electrons. The van der Waals surface area contributed by atoms with Crippen molar-refractivity contribution in [2.24, 2.45) is 0 Å². The maximum absolute atomic E-state index is 12.0. The number of hydrogen-bond donors (Lipinski definition) is 2. The highest BCUT2D eigenvalue weighted by atomic mass is 32.2. The van der Waals surface area contributed by atoms with Gasteiger partial charge in [-0.1, -0.05) is 11.3 Å². The molecule has 0 amide bonds. The Morgan fingerprint density at radius 2 is 2.20 bits per heavy atom. The number of nitrogens with zero attached hydrogens (tertiary/aromatic N) is 2. The number of nitrogens with two attached hydrogens (primary N) is 1. The lowest BCUT2D eigenvalue weighted by Gasteiger charge is -2.01. The van der Waals surface area contributed by atoms with E-state index in [9.17, 15) is 18.5 Å². The highest BCUT2D eigenvalue weighted by Gasteiger charge is 2.24. The third-order valence-electron chi connectivity index (χ3n) is 2.28. The molecule has 0 aliphatic rings. The molecule has 2 aromatic heterocycles. The van der Waals surface area contributed by atoms with Gasteiger partial charge >= 0.3 is 5.69 Å². The Hall–Kier alpha value is -1.56. The fourth-order valence-corrected chi connectivity index (χ4v) is 4.46. The first kappa shape index (κ1) is 14.8. The Balaban J connectivity index is 2.18. The van der Waals surface area contributed by atoms with Crippen LogP contribution in [-0.2, 0) is 16.6 Å². The molecule has 0 saturated heterocycles. The van der Waals surface area contributed by atoms with Crippen LogP contribution in [-0.4, -0.2) is 18.3 Å². The molecule has 2 aromatic rings. The fourth-order valence-electron chi connectivity index (χ4n) is 1.37. The molecule has 0 atom stereocenters. The minimum absolute atomic E-state index is 0.0828. The van der Waals surface area contributed by atoms with Gasteiger partial charge in [0.15, 0.2) is 5.00 Å². The van der Waals surface area contributed by atoms with Gasteiger partial charge in [-0.3, -0.25) is 10.1 Å². The first-order valence-electron chi connectivity index (χ1n) is 5.24. The molecule has 2 heterocycles. The molecule has 3 N–H and O–H groups in total. The average Bonchev–Trinajstić information content (AvgIpc) is 2.93.